The molecule has 0 radical (unpaired) electrons. The van der Waals surface area contributed by atoms with Crippen molar-refractivity contribution >= 4 is 23.1 Å². The minimum Gasteiger partial charge on any atom is -0.392 e. The number of piperazine rings is 1. The van der Waals surface area contributed by atoms with Gasteiger partial charge in [-0.1, -0.05) is 12.2 Å². The third-order valence-electron chi connectivity index (χ3n) is 3.49. The molecule has 4 nitrogen and oxygen atoms in total. The SMILES string of the molecule is CC(C(N)=S)N1CCN2C(=O)CCC2C1. The number of carbonyl (C=O) groups excluding carboxylic acids is 1. The number of fused-ring (bicyclic) bond motifs is 1. The first-order chi connectivity index (χ1) is 7.09. The van der Waals surface area contributed by atoms with Gasteiger partial charge in [-0.2, -0.15) is 0 Å². The van der Waals surface area contributed by atoms with Crippen molar-refractivity contribution in [1.29, 1.82) is 0 Å². The number of hydrogen-bond acceptors (Lipinski definition) is 3. The molecule has 2 rings (SSSR count). The molecule has 2 aliphatic heterocycles. The van der Waals surface area contributed by atoms with E-state index < -0.39 is 0 Å². The molecular formula is C10H17N3OS. The first-order valence-electron chi connectivity index (χ1n) is 5.42. The molecule has 0 bridgehead atoms. The zero-order chi connectivity index (χ0) is 11.0. The first-order valence-corrected chi connectivity index (χ1v) is 5.83. The van der Waals surface area contributed by atoms with Crippen LogP contribution in [-0.4, -0.2) is 52.4 Å². The smallest absolute Gasteiger partial charge is 0.222 e. The Balaban J connectivity index is 1.99. The Morgan fingerprint density at radius 2 is 2.33 bits per heavy atom. The Labute approximate surface area is 95.4 Å². The molecule has 0 spiro atoms. The van der Waals surface area contributed by atoms with E-state index >= 15 is 0 Å². The van der Waals surface area contributed by atoms with Crippen LogP contribution in [0.25, 0.3) is 0 Å². The predicted octanol–water partition coefficient (Wildman–Crippen LogP) is -0.0324. The van der Waals surface area contributed by atoms with Crippen LogP contribution in [-0.2, 0) is 4.79 Å². The molecule has 1 amide bonds. The van der Waals surface area contributed by atoms with Crippen LogP contribution in [0.4, 0.5) is 0 Å². The third-order valence-corrected chi connectivity index (χ3v) is 3.83. The van der Waals surface area contributed by atoms with Crippen LogP contribution in [0.5, 0.6) is 0 Å². The average molecular weight is 227 g/mol. The fourth-order valence-electron chi connectivity index (χ4n) is 2.42. The highest BCUT2D eigenvalue weighted by Crippen LogP contribution is 2.23. The van der Waals surface area contributed by atoms with Gasteiger partial charge >= 0.3 is 0 Å². The Kier molecular flexibility index (Phi) is 2.93. The molecule has 2 fully saturated rings. The van der Waals surface area contributed by atoms with E-state index in [0.717, 1.165) is 26.1 Å². The van der Waals surface area contributed by atoms with Gasteiger partial charge in [0.25, 0.3) is 0 Å². The summed E-state index contributed by atoms with van der Waals surface area (Å²) >= 11 is 5.00. The van der Waals surface area contributed by atoms with E-state index in [1.165, 1.54) is 0 Å². The van der Waals surface area contributed by atoms with Crippen molar-refractivity contribution in [3.05, 3.63) is 0 Å². The van der Waals surface area contributed by atoms with Gasteiger partial charge in [-0.05, 0) is 13.3 Å². The molecule has 2 unspecified atom stereocenters. The summed E-state index contributed by atoms with van der Waals surface area (Å²) in [6, 6.07) is 0.543. The monoisotopic (exact) mass is 227 g/mol. The molecule has 2 saturated heterocycles. The first kappa shape index (κ1) is 10.8. The minimum absolute atomic E-state index is 0.151. The molecule has 15 heavy (non-hydrogen) atoms. The second kappa shape index (κ2) is 4.06. The van der Waals surface area contributed by atoms with E-state index in [1.54, 1.807) is 0 Å². The Morgan fingerprint density at radius 3 is 3.00 bits per heavy atom. The second-order valence-electron chi connectivity index (χ2n) is 4.35. The summed E-state index contributed by atoms with van der Waals surface area (Å²) in [6.45, 7) is 4.68. The lowest BCUT2D eigenvalue weighted by atomic mass is 10.1. The number of nitrogens with two attached hydrogens (primary N) is 1. The van der Waals surface area contributed by atoms with Crippen LogP contribution in [0, 0.1) is 0 Å². The van der Waals surface area contributed by atoms with Gasteiger partial charge < -0.3 is 10.6 Å². The van der Waals surface area contributed by atoms with E-state index in [0.29, 0.717) is 23.4 Å². The summed E-state index contributed by atoms with van der Waals surface area (Å²) in [7, 11) is 0. The van der Waals surface area contributed by atoms with Crippen LogP contribution in [0.15, 0.2) is 0 Å². The maximum atomic E-state index is 11.5. The maximum absolute atomic E-state index is 11.5. The molecule has 0 aromatic heterocycles. The van der Waals surface area contributed by atoms with Gasteiger partial charge in [0.15, 0.2) is 0 Å². The molecule has 2 atom stereocenters. The van der Waals surface area contributed by atoms with Gasteiger partial charge in [0, 0.05) is 32.1 Å². The summed E-state index contributed by atoms with van der Waals surface area (Å²) in [5.74, 6) is 0.308. The number of thiocarbonyl (C=S) groups is 1. The van der Waals surface area contributed by atoms with Crippen molar-refractivity contribution in [3.8, 4) is 0 Å². The number of nitrogens with zero attached hydrogens (tertiary/aromatic N) is 2. The lowest BCUT2D eigenvalue weighted by Gasteiger charge is -2.40. The number of carbonyl (C=O) groups is 1. The summed E-state index contributed by atoms with van der Waals surface area (Å²) in [4.78, 5) is 16.3. The quantitative estimate of drug-likeness (QED) is 0.673. The summed E-state index contributed by atoms with van der Waals surface area (Å²) in [5.41, 5.74) is 5.64. The number of amides is 1. The van der Waals surface area contributed by atoms with Crippen molar-refractivity contribution < 1.29 is 4.79 Å². The van der Waals surface area contributed by atoms with Crippen LogP contribution in [0.1, 0.15) is 19.8 Å². The van der Waals surface area contributed by atoms with Gasteiger partial charge in [-0.3, -0.25) is 9.69 Å². The highest BCUT2D eigenvalue weighted by atomic mass is 32.1. The van der Waals surface area contributed by atoms with Crippen molar-refractivity contribution in [2.45, 2.75) is 31.8 Å². The van der Waals surface area contributed by atoms with Crippen LogP contribution >= 0.6 is 12.2 Å². The molecule has 0 aromatic rings. The van der Waals surface area contributed by atoms with Crippen LogP contribution in [0.3, 0.4) is 0 Å². The predicted molar refractivity (Wildman–Crippen MR) is 62.6 cm³/mol. The van der Waals surface area contributed by atoms with Gasteiger partial charge in [-0.25, -0.2) is 0 Å². The van der Waals surface area contributed by atoms with Gasteiger partial charge in [0.1, 0.15) is 0 Å². The highest BCUT2D eigenvalue weighted by Gasteiger charge is 2.36. The van der Waals surface area contributed by atoms with Crippen molar-refractivity contribution in [1.82, 2.24) is 9.80 Å². The molecular weight excluding hydrogens is 210 g/mol. The van der Waals surface area contributed by atoms with Gasteiger partial charge in [-0.15, -0.1) is 0 Å². The fourth-order valence-corrected chi connectivity index (χ4v) is 2.57. The molecule has 0 aliphatic carbocycles. The lowest BCUT2D eigenvalue weighted by Crippen LogP contribution is -2.56. The Morgan fingerprint density at radius 1 is 1.60 bits per heavy atom. The Hall–Kier alpha value is -0.680. The summed E-state index contributed by atoms with van der Waals surface area (Å²) in [6.07, 6.45) is 1.69. The van der Waals surface area contributed by atoms with Crippen molar-refractivity contribution in [2.24, 2.45) is 5.73 Å². The standard InChI is InChI=1S/C10H17N3OS/c1-7(10(11)15)12-4-5-13-8(6-12)2-3-9(13)14/h7-8H,2-6H2,1H3,(H2,11,15). The Bertz CT molecular complexity index is 294. The minimum atomic E-state index is 0.151. The molecule has 2 heterocycles. The highest BCUT2D eigenvalue weighted by molar-refractivity contribution is 7.80. The van der Waals surface area contributed by atoms with Crippen LogP contribution in [0.2, 0.25) is 0 Å². The fraction of sp³-hybridized carbons (Fsp3) is 0.800. The molecule has 0 aromatic carbocycles. The average Bonchev–Trinajstić information content (AvgIpc) is 2.59. The van der Waals surface area contributed by atoms with Gasteiger partial charge in [0.2, 0.25) is 5.91 Å². The zero-order valence-corrected chi connectivity index (χ0v) is 9.80. The summed E-state index contributed by atoms with van der Waals surface area (Å²) < 4.78 is 0. The van der Waals surface area contributed by atoms with E-state index in [1.807, 2.05) is 11.8 Å². The molecule has 2 N–H and O–H groups in total. The molecule has 5 heteroatoms. The number of hydrogen-bond donors (Lipinski definition) is 1. The zero-order valence-electron chi connectivity index (χ0n) is 8.98. The number of rotatable bonds is 2. The molecule has 2 aliphatic rings. The second-order valence-corrected chi connectivity index (χ2v) is 4.82. The van der Waals surface area contributed by atoms with E-state index in [4.69, 9.17) is 18.0 Å². The topological polar surface area (TPSA) is 49.6 Å². The normalized spacial score (nSPS) is 29.0. The van der Waals surface area contributed by atoms with E-state index in [-0.39, 0.29) is 6.04 Å². The van der Waals surface area contributed by atoms with E-state index in [2.05, 4.69) is 4.90 Å². The molecule has 84 valence electrons. The third kappa shape index (κ3) is 1.99. The summed E-state index contributed by atoms with van der Waals surface area (Å²) in [5, 5.41) is 0. The van der Waals surface area contributed by atoms with Gasteiger partial charge in [0.05, 0.1) is 11.0 Å². The van der Waals surface area contributed by atoms with Crippen LogP contribution < -0.4 is 5.73 Å². The van der Waals surface area contributed by atoms with Crippen molar-refractivity contribution in [2.75, 3.05) is 19.6 Å². The van der Waals surface area contributed by atoms with E-state index in [9.17, 15) is 4.79 Å². The lowest BCUT2D eigenvalue weighted by molar-refractivity contribution is -0.130. The largest absolute Gasteiger partial charge is 0.392 e. The maximum Gasteiger partial charge on any atom is 0.222 e. The molecule has 0 saturated carbocycles. The van der Waals surface area contributed by atoms with Crippen molar-refractivity contribution in [3.63, 3.8) is 0 Å².